The Balaban J connectivity index is 1.95. The number of carbonyl (C=O) groups excluding carboxylic acids is 3. The number of aromatic hydroxyl groups is 1. The summed E-state index contributed by atoms with van der Waals surface area (Å²) in [5.41, 5.74) is 0.835. The average molecular weight is 427 g/mol. The lowest BCUT2D eigenvalue weighted by molar-refractivity contribution is -0.162. The molecule has 0 saturated heterocycles. The summed E-state index contributed by atoms with van der Waals surface area (Å²) in [5, 5.41) is 12.1. The predicted molar refractivity (Wildman–Crippen MR) is 115 cm³/mol. The molecule has 31 heavy (non-hydrogen) atoms. The van der Waals surface area contributed by atoms with Gasteiger partial charge in [0.25, 0.3) is 0 Å². The molecule has 0 aromatic heterocycles. The van der Waals surface area contributed by atoms with Crippen molar-refractivity contribution in [3.63, 3.8) is 0 Å². The molecule has 0 spiro atoms. The first-order valence-corrected chi connectivity index (χ1v) is 10.1. The van der Waals surface area contributed by atoms with Crippen LogP contribution in [-0.2, 0) is 36.9 Å². The van der Waals surface area contributed by atoms with Gasteiger partial charge in [0.2, 0.25) is 5.91 Å². The van der Waals surface area contributed by atoms with Crippen LogP contribution >= 0.6 is 0 Å². The van der Waals surface area contributed by atoms with Crippen LogP contribution in [-0.4, -0.2) is 34.6 Å². The van der Waals surface area contributed by atoms with Gasteiger partial charge in [-0.3, -0.25) is 9.59 Å². The third kappa shape index (κ3) is 9.33. The van der Waals surface area contributed by atoms with E-state index in [4.69, 9.17) is 9.47 Å². The van der Waals surface area contributed by atoms with Gasteiger partial charge in [0.1, 0.15) is 24.0 Å². The van der Waals surface area contributed by atoms with Crippen molar-refractivity contribution in [2.75, 3.05) is 0 Å². The number of carbonyl (C=O) groups is 3. The van der Waals surface area contributed by atoms with E-state index in [2.05, 4.69) is 5.32 Å². The smallest absolute Gasteiger partial charge is 0.329 e. The van der Waals surface area contributed by atoms with Crippen LogP contribution < -0.4 is 5.32 Å². The maximum absolute atomic E-state index is 12.5. The summed E-state index contributed by atoms with van der Waals surface area (Å²) in [4.78, 5) is 37.2. The van der Waals surface area contributed by atoms with Crippen LogP contribution in [0, 0.1) is 0 Å². The van der Waals surface area contributed by atoms with Crippen molar-refractivity contribution in [1.82, 2.24) is 5.32 Å². The zero-order valence-electron chi connectivity index (χ0n) is 18.1. The zero-order chi connectivity index (χ0) is 22.9. The second-order valence-electron chi connectivity index (χ2n) is 8.17. The molecule has 0 aliphatic rings. The Bertz CT molecular complexity index is 888. The predicted octanol–water partition coefficient (Wildman–Crippen LogP) is 3.28. The molecule has 2 aromatic carbocycles. The zero-order valence-corrected chi connectivity index (χ0v) is 18.1. The second-order valence-corrected chi connectivity index (χ2v) is 8.17. The Labute approximate surface area is 182 Å². The highest BCUT2D eigenvalue weighted by Gasteiger charge is 2.29. The minimum atomic E-state index is -1.15. The average Bonchev–Trinajstić information content (AvgIpc) is 2.70. The van der Waals surface area contributed by atoms with Gasteiger partial charge in [0, 0.05) is 6.42 Å². The molecular formula is C24H29NO6. The summed E-state index contributed by atoms with van der Waals surface area (Å²) in [6.45, 7) is 5.20. The van der Waals surface area contributed by atoms with E-state index in [-0.39, 0.29) is 25.2 Å². The second kappa shape index (κ2) is 11.2. The van der Waals surface area contributed by atoms with Gasteiger partial charge in [0.05, 0.1) is 6.42 Å². The molecule has 0 bridgehead atoms. The van der Waals surface area contributed by atoms with Gasteiger partial charge < -0.3 is 19.9 Å². The molecular weight excluding hydrogens is 398 g/mol. The van der Waals surface area contributed by atoms with Crippen molar-refractivity contribution >= 4 is 17.8 Å². The molecule has 0 radical (unpaired) electrons. The van der Waals surface area contributed by atoms with E-state index in [1.807, 2.05) is 30.3 Å². The normalized spacial score (nSPS) is 12.0. The van der Waals surface area contributed by atoms with E-state index in [9.17, 15) is 19.5 Å². The first-order chi connectivity index (χ1) is 14.6. The molecule has 0 aliphatic heterocycles. The maximum atomic E-state index is 12.5. The number of nitrogens with one attached hydrogen (secondary N) is 1. The fraction of sp³-hybridized carbons (Fsp3) is 0.375. The van der Waals surface area contributed by atoms with Crippen LogP contribution in [0.1, 0.15) is 44.7 Å². The number of aryl methyl sites for hydroxylation is 1. The van der Waals surface area contributed by atoms with Crippen molar-refractivity contribution < 1.29 is 29.0 Å². The summed E-state index contributed by atoms with van der Waals surface area (Å²) in [7, 11) is 0. The fourth-order valence-electron chi connectivity index (χ4n) is 2.77. The molecule has 0 aliphatic carbocycles. The van der Waals surface area contributed by atoms with E-state index in [0.717, 1.165) is 11.1 Å². The van der Waals surface area contributed by atoms with Crippen LogP contribution in [0.25, 0.3) is 0 Å². The van der Waals surface area contributed by atoms with E-state index in [0.29, 0.717) is 6.42 Å². The van der Waals surface area contributed by atoms with Crippen molar-refractivity contribution in [1.29, 1.82) is 0 Å². The molecule has 2 aromatic rings. The summed E-state index contributed by atoms with van der Waals surface area (Å²) in [6, 6.07) is 14.6. The Kier molecular flexibility index (Phi) is 8.61. The van der Waals surface area contributed by atoms with Crippen LogP contribution in [0.2, 0.25) is 0 Å². The maximum Gasteiger partial charge on any atom is 0.329 e. The first kappa shape index (κ1) is 23.9. The molecule has 7 heteroatoms. The molecule has 2 N–H and O–H groups in total. The third-order valence-electron chi connectivity index (χ3n) is 4.19. The van der Waals surface area contributed by atoms with E-state index in [1.54, 1.807) is 45.0 Å². The van der Waals surface area contributed by atoms with Crippen molar-refractivity contribution in [2.45, 2.75) is 58.3 Å². The van der Waals surface area contributed by atoms with Gasteiger partial charge in [-0.1, -0.05) is 42.5 Å². The molecule has 0 heterocycles. The summed E-state index contributed by atoms with van der Waals surface area (Å²) >= 11 is 0. The van der Waals surface area contributed by atoms with Gasteiger partial charge in [-0.05, 0) is 50.5 Å². The molecule has 1 atom stereocenters. The number of hydrogen-bond donors (Lipinski definition) is 2. The highest BCUT2D eigenvalue weighted by atomic mass is 16.6. The van der Waals surface area contributed by atoms with Crippen LogP contribution in [0.4, 0.5) is 0 Å². The lowest BCUT2D eigenvalue weighted by atomic mass is 10.1. The number of benzene rings is 2. The number of esters is 2. The Morgan fingerprint density at radius 1 is 1.00 bits per heavy atom. The number of phenols is 1. The van der Waals surface area contributed by atoms with Crippen molar-refractivity contribution in [3.05, 3.63) is 65.7 Å². The molecule has 0 unspecified atom stereocenters. The molecule has 2 rings (SSSR count). The lowest BCUT2D eigenvalue weighted by Crippen LogP contribution is -2.45. The third-order valence-corrected chi connectivity index (χ3v) is 4.19. The highest BCUT2D eigenvalue weighted by Crippen LogP contribution is 2.14. The fourth-order valence-corrected chi connectivity index (χ4v) is 2.77. The number of hydrogen-bond acceptors (Lipinski definition) is 6. The van der Waals surface area contributed by atoms with Gasteiger partial charge in [-0.2, -0.15) is 0 Å². The SMILES string of the molecule is CC(C)(C)OC(=O)[C@H](CC(=O)OCc1ccccc1)NC(=O)CCc1cccc(O)c1. The van der Waals surface area contributed by atoms with Crippen LogP contribution in [0.3, 0.4) is 0 Å². The first-order valence-electron chi connectivity index (χ1n) is 10.1. The summed E-state index contributed by atoms with van der Waals surface area (Å²) in [6.07, 6.45) is 0.126. The minimum Gasteiger partial charge on any atom is -0.508 e. The van der Waals surface area contributed by atoms with Gasteiger partial charge in [-0.15, -0.1) is 0 Å². The highest BCUT2D eigenvalue weighted by molar-refractivity contribution is 5.88. The van der Waals surface area contributed by atoms with E-state index in [1.165, 1.54) is 0 Å². The monoisotopic (exact) mass is 427 g/mol. The molecule has 0 fully saturated rings. The Morgan fingerprint density at radius 2 is 1.68 bits per heavy atom. The molecule has 7 nitrogen and oxygen atoms in total. The van der Waals surface area contributed by atoms with Crippen LogP contribution in [0.15, 0.2) is 54.6 Å². The Hall–Kier alpha value is -3.35. The number of amides is 1. The minimum absolute atomic E-state index is 0.0756. The summed E-state index contributed by atoms with van der Waals surface area (Å²) in [5.74, 6) is -1.61. The largest absolute Gasteiger partial charge is 0.508 e. The number of phenolic OH excluding ortho intramolecular Hbond substituents is 1. The Morgan fingerprint density at radius 3 is 2.32 bits per heavy atom. The van der Waals surface area contributed by atoms with Gasteiger partial charge in [0.15, 0.2) is 0 Å². The van der Waals surface area contributed by atoms with Crippen molar-refractivity contribution in [2.24, 2.45) is 0 Å². The molecule has 166 valence electrons. The molecule has 1 amide bonds. The lowest BCUT2D eigenvalue weighted by Gasteiger charge is -2.24. The molecule has 0 saturated carbocycles. The van der Waals surface area contributed by atoms with Gasteiger partial charge in [-0.25, -0.2) is 4.79 Å². The van der Waals surface area contributed by atoms with E-state index >= 15 is 0 Å². The van der Waals surface area contributed by atoms with E-state index < -0.39 is 29.5 Å². The van der Waals surface area contributed by atoms with Crippen LogP contribution in [0.5, 0.6) is 5.75 Å². The quantitative estimate of drug-likeness (QED) is 0.596. The van der Waals surface area contributed by atoms with Gasteiger partial charge >= 0.3 is 11.9 Å². The van der Waals surface area contributed by atoms with Crippen molar-refractivity contribution in [3.8, 4) is 5.75 Å². The standard InChI is InChI=1S/C24H29NO6/c1-24(2,3)31-23(29)20(15-22(28)30-16-18-8-5-4-6-9-18)25-21(27)13-12-17-10-7-11-19(26)14-17/h4-11,14,20,26H,12-13,15-16H2,1-3H3,(H,25,27)/t20-/m0/s1. The number of rotatable bonds is 9. The topological polar surface area (TPSA) is 102 Å². The number of ether oxygens (including phenoxy) is 2. The summed E-state index contributed by atoms with van der Waals surface area (Å²) < 4.78 is 10.6.